The van der Waals surface area contributed by atoms with Crippen molar-refractivity contribution in [3.05, 3.63) is 0 Å². The van der Waals surface area contributed by atoms with E-state index in [-0.39, 0.29) is 25.7 Å². The molecule has 0 aliphatic rings. The summed E-state index contributed by atoms with van der Waals surface area (Å²) in [4.78, 5) is 72.4. The summed E-state index contributed by atoms with van der Waals surface area (Å²) in [6, 6.07) is 0. The van der Waals surface area contributed by atoms with Gasteiger partial charge in [0.1, 0.15) is 19.3 Å². The molecule has 0 amide bonds. The summed E-state index contributed by atoms with van der Waals surface area (Å²) in [5.41, 5.74) is 0. The van der Waals surface area contributed by atoms with Crippen molar-refractivity contribution in [1.29, 1.82) is 0 Å². The van der Waals surface area contributed by atoms with Crippen molar-refractivity contribution in [3.8, 4) is 0 Å². The SMILES string of the molecule is CCCCCCCC(=O)OC[C@H](COP(=O)(O)OC[C@H](O)COP(=O)(O)OC[C@@H](COC(=O)CCCCCCCCCCCCCCCCC(C)C)OC(=O)CCCCCCCCCCCCCCCCCC(C)C)OC(=O)CCCCCCCCCCCC(C)C. The Hall–Kier alpha value is -1.94. The maximum Gasteiger partial charge on any atom is 0.472 e. The van der Waals surface area contributed by atoms with Crippen molar-refractivity contribution >= 4 is 39.5 Å². The standard InChI is InChI=1S/C73H142O17P2/c1-8-9-10-37-47-54-70(75)83-60-68(89-73(78)57-50-43-36-30-24-27-33-40-46-53-66(6)7)62-87-91(79,80)85-58-67(74)59-86-92(81,82)88-63-69(61-84-71(76)55-48-41-34-28-22-18-15-14-17-21-26-32-39-45-52-65(4)5)90-72(77)56-49-42-35-29-23-19-13-11-12-16-20-25-31-38-44-51-64(2)3/h64-69,74H,8-63H2,1-7H3,(H,79,80)(H,81,82)/t67-,68+,69+/m0/s1. The molecule has 92 heavy (non-hydrogen) atoms. The average Bonchev–Trinajstić information content (AvgIpc) is 1.50. The van der Waals surface area contributed by atoms with Gasteiger partial charge in [-0.05, 0) is 43.4 Å². The van der Waals surface area contributed by atoms with Crippen LogP contribution in [0, 0.1) is 17.8 Å². The molecule has 17 nitrogen and oxygen atoms in total. The normalized spacial score (nSPS) is 14.1. The van der Waals surface area contributed by atoms with E-state index < -0.39 is 97.5 Å². The molecule has 19 heteroatoms. The van der Waals surface area contributed by atoms with Crippen LogP contribution in [-0.2, 0) is 65.4 Å². The molecule has 0 aliphatic carbocycles. The number of carbonyl (C=O) groups excluding carboxylic acids is 4. The van der Waals surface area contributed by atoms with Crippen LogP contribution in [0.3, 0.4) is 0 Å². The predicted octanol–water partition coefficient (Wildman–Crippen LogP) is 21.0. The number of phosphoric acid groups is 2. The number of ether oxygens (including phenoxy) is 4. The first kappa shape index (κ1) is 90.1. The van der Waals surface area contributed by atoms with E-state index in [9.17, 15) is 43.2 Å². The topological polar surface area (TPSA) is 237 Å². The fourth-order valence-electron chi connectivity index (χ4n) is 11.1. The molecular formula is C73H142O17P2. The van der Waals surface area contributed by atoms with E-state index in [1.54, 1.807) is 0 Å². The van der Waals surface area contributed by atoms with E-state index in [0.717, 1.165) is 114 Å². The molecule has 0 spiro atoms. The molecule has 2 unspecified atom stereocenters. The Labute approximate surface area is 562 Å². The lowest BCUT2D eigenvalue weighted by Gasteiger charge is -2.21. The molecule has 0 saturated carbocycles. The summed E-state index contributed by atoms with van der Waals surface area (Å²) in [5.74, 6) is 0.205. The van der Waals surface area contributed by atoms with E-state index >= 15 is 0 Å². The number of aliphatic hydroxyl groups is 1. The van der Waals surface area contributed by atoms with Gasteiger partial charge >= 0.3 is 39.5 Å². The minimum atomic E-state index is -4.95. The zero-order chi connectivity index (χ0) is 68.0. The van der Waals surface area contributed by atoms with Crippen LogP contribution in [0.5, 0.6) is 0 Å². The van der Waals surface area contributed by atoms with Gasteiger partial charge < -0.3 is 33.8 Å². The second kappa shape index (κ2) is 63.8. The van der Waals surface area contributed by atoms with E-state index in [0.29, 0.717) is 25.7 Å². The third-order valence-corrected chi connectivity index (χ3v) is 18.8. The molecule has 0 aromatic rings. The van der Waals surface area contributed by atoms with Gasteiger partial charge in [-0.25, -0.2) is 9.13 Å². The van der Waals surface area contributed by atoms with Crippen molar-refractivity contribution in [2.24, 2.45) is 17.8 Å². The third-order valence-electron chi connectivity index (χ3n) is 16.9. The summed E-state index contributed by atoms with van der Waals surface area (Å²) in [6.45, 7) is 11.8. The Morgan fingerprint density at radius 1 is 0.293 bits per heavy atom. The van der Waals surface area contributed by atoms with Gasteiger partial charge in [-0.15, -0.1) is 0 Å². The first-order valence-electron chi connectivity index (χ1n) is 37.8. The lowest BCUT2D eigenvalue weighted by atomic mass is 10.0. The van der Waals surface area contributed by atoms with Crippen LogP contribution in [-0.4, -0.2) is 96.7 Å². The van der Waals surface area contributed by atoms with Crippen LogP contribution >= 0.6 is 15.6 Å². The minimum absolute atomic E-state index is 0.104. The van der Waals surface area contributed by atoms with Gasteiger partial charge in [0.2, 0.25) is 0 Å². The van der Waals surface area contributed by atoms with Crippen LogP contribution in [0.2, 0.25) is 0 Å². The first-order valence-corrected chi connectivity index (χ1v) is 40.8. The van der Waals surface area contributed by atoms with Crippen LogP contribution in [0.25, 0.3) is 0 Å². The largest absolute Gasteiger partial charge is 0.472 e. The summed E-state index contributed by atoms with van der Waals surface area (Å²) in [6.07, 6.45) is 49.0. The van der Waals surface area contributed by atoms with E-state index in [1.165, 1.54) is 173 Å². The molecule has 0 fully saturated rings. The smallest absolute Gasteiger partial charge is 0.462 e. The van der Waals surface area contributed by atoms with E-state index in [4.69, 9.17) is 37.0 Å². The molecule has 5 atom stereocenters. The van der Waals surface area contributed by atoms with E-state index in [1.807, 2.05) is 0 Å². The Morgan fingerprint density at radius 2 is 0.500 bits per heavy atom. The zero-order valence-electron chi connectivity index (χ0n) is 60.0. The Kier molecular flexibility index (Phi) is 62.4. The van der Waals surface area contributed by atoms with Gasteiger partial charge in [0.25, 0.3) is 0 Å². The molecular weight excluding hydrogens is 1210 g/mol. The molecule has 0 heterocycles. The Balaban J connectivity index is 5.15. The monoisotopic (exact) mass is 1350 g/mol. The first-order chi connectivity index (χ1) is 44.2. The highest BCUT2D eigenvalue weighted by atomic mass is 31.2. The number of esters is 4. The van der Waals surface area contributed by atoms with Gasteiger partial charge in [0.05, 0.1) is 26.4 Å². The van der Waals surface area contributed by atoms with Gasteiger partial charge in [0, 0.05) is 25.7 Å². The van der Waals surface area contributed by atoms with Gasteiger partial charge in [-0.1, -0.05) is 318 Å². The van der Waals surface area contributed by atoms with Gasteiger partial charge in [-0.2, -0.15) is 0 Å². The van der Waals surface area contributed by atoms with Crippen LogP contribution in [0.4, 0.5) is 0 Å². The number of hydrogen-bond donors (Lipinski definition) is 3. The van der Waals surface area contributed by atoms with Crippen LogP contribution < -0.4 is 0 Å². The fraction of sp³-hybridized carbons (Fsp3) is 0.945. The molecule has 0 aliphatic heterocycles. The number of unbranched alkanes of at least 4 members (excludes halogenated alkanes) is 39. The zero-order valence-corrected chi connectivity index (χ0v) is 61.8. The Morgan fingerprint density at radius 3 is 0.739 bits per heavy atom. The quantitative estimate of drug-likeness (QED) is 0.0222. The number of carbonyl (C=O) groups is 4. The number of hydrogen-bond acceptors (Lipinski definition) is 15. The average molecular weight is 1350 g/mol. The molecule has 0 aromatic heterocycles. The molecule has 0 radical (unpaired) electrons. The third kappa shape index (κ3) is 66.7. The molecule has 546 valence electrons. The van der Waals surface area contributed by atoms with Gasteiger partial charge in [0.15, 0.2) is 12.2 Å². The summed E-state index contributed by atoms with van der Waals surface area (Å²) in [5, 5.41) is 10.6. The highest BCUT2D eigenvalue weighted by molar-refractivity contribution is 7.47. The summed E-state index contributed by atoms with van der Waals surface area (Å²) >= 11 is 0. The predicted molar refractivity (Wildman–Crippen MR) is 372 cm³/mol. The highest BCUT2D eigenvalue weighted by Gasteiger charge is 2.30. The number of aliphatic hydroxyl groups excluding tert-OH is 1. The van der Waals surface area contributed by atoms with Crippen LogP contribution in [0.1, 0.15) is 370 Å². The maximum absolute atomic E-state index is 13.1. The minimum Gasteiger partial charge on any atom is -0.462 e. The lowest BCUT2D eigenvalue weighted by Crippen LogP contribution is -2.30. The molecule has 0 aromatic carbocycles. The summed E-state index contributed by atoms with van der Waals surface area (Å²) in [7, 11) is -9.90. The fourth-order valence-corrected chi connectivity index (χ4v) is 12.7. The second-order valence-corrected chi connectivity index (χ2v) is 30.7. The van der Waals surface area contributed by atoms with E-state index in [2.05, 4.69) is 48.5 Å². The summed E-state index contributed by atoms with van der Waals surface area (Å²) < 4.78 is 68.2. The highest BCUT2D eigenvalue weighted by Crippen LogP contribution is 2.45. The molecule has 0 saturated heterocycles. The van der Waals surface area contributed by atoms with Crippen molar-refractivity contribution in [2.75, 3.05) is 39.6 Å². The Bertz CT molecular complexity index is 1800. The molecule has 0 rings (SSSR count). The van der Waals surface area contributed by atoms with Crippen molar-refractivity contribution in [1.82, 2.24) is 0 Å². The van der Waals surface area contributed by atoms with Crippen molar-refractivity contribution in [3.63, 3.8) is 0 Å². The number of rotatable bonds is 71. The molecule has 3 N–H and O–H groups in total. The van der Waals surface area contributed by atoms with Crippen molar-refractivity contribution < 1.29 is 80.2 Å². The van der Waals surface area contributed by atoms with Crippen molar-refractivity contribution in [2.45, 2.75) is 388 Å². The van der Waals surface area contributed by atoms with Gasteiger partial charge in [-0.3, -0.25) is 37.3 Å². The second-order valence-electron chi connectivity index (χ2n) is 27.8. The number of phosphoric ester groups is 2. The lowest BCUT2D eigenvalue weighted by molar-refractivity contribution is -0.161. The molecule has 0 bridgehead atoms. The van der Waals surface area contributed by atoms with Crippen LogP contribution in [0.15, 0.2) is 0 Å². The maximum atomic E-state index is 13.1.